The van der Waals surface area contributed by atoms with Crippen molar-refractivity contribution in [3.63, 3.8) is 0 Å². The van der Waals surface area contributed by atoms with E-state index in [2.05, 4.69) is 33.8 Å². The van der Waals surface area contributed by atoms with Crippen LogP contribution in [0, 0.1) is 0 Å². The van der Waals surface area contributed by atoms with Crippen LogP contribution in [0.25, 0.3) is 0 Å². The summed E-state index contributed by atoms with van der Waals surface area (Å²) in [7, 11) is 0. The molecular formula is C14H26IN5S. The smallest absolute Gasteiger partial charge is 0.191 e. The molecule has 0 radical (unpaired) electrons. The lowest BCUT2D eigenvalue weighted by Crippen LogP contribution is -2.42. The van der Waals surface area contributed by atoms with Crippen LogP contribution < -0.4 is 10.6 Å². The van der Waals surface area contributed by atoms with E-state index < -0.39 is 0 Å². The van der Waals surface area contributed by atoms with Crippen LogP contribution in [0.15, 0.2) is 23.7 Å². The van der Waals surface area contributed by atoms with Crippen molar-refractivity contribution < 1.29 is 0 Å². The van der Waals surface area contributed by atoms with Crippen LogP contribution in [0.2, 0.25) is 0 Å². The summed E-state index contributed by atoms with van der Waals surface area (Å²) in [5, 5.41) is 7.70. The van der Waals surface area contributed by atoms with E-state index in [4.69, 9.17) is 0 Å². The summed E-state index contributed by atoms with van der Waals surface area (Å²) < 4.78 is 2.05. The zero-order valence-corrected chi connectivity index (χ0v) is 15.9. The van der Waals surface area contributed by atoms with E-state index in [-0.39, 0.29) is 24.0 Å². The SMILES string of the molecule is CCNC(=NCCn1ccnc1)NC1CCC(SC)C1.I. The average molecular weight is 423 g/mol. The number of nitrogens with zero attached hydrogens (tertiary/aromatic N) is 3. The van der Waals surface area contributed by atoms with Gasteiger partial charge in [-0.05, 0) is 32.4 Å². The fourth-order valence-corrected chi connectivity index (χ4v) is 3.29. The molecule has 0 amide bonds. The maximum absolute atomic E-state index is 4.64. The summed E-state index contributed by atoms with van der Waals surface area (Å²) in [6, 6.07) is 0.568. The van der Waals surface area contributed by atoms with Gasteiger partial charge in [-0.2, -0.15) is 11.8 Å². The summed E-state index contributed by atoms with van der Waals surface area (Å²) in [4.78, 5) is 8.68. The van der Waals surface area contributed by atoms with Gasteiger partial charge in [0.2, 0.25) is 0 Å². The Morgan fingerprint density at radius 2 is 2.33 bits per heavy atom. The molecule has 2 atom stereocenters. The number of imidazole rings is 1. The molecule has 1 aromatic heterocycles. The second-order valence-corrected chi connectivity index (χ2v) is 6.21. The second kappa shape index (κ2) is 10.3. The third-order valence-electron chi connectivity index (χ3n) is 3.59. The minimum absolute atomic E-state index is 0. The first-order valence-electron chi connectivity index (χ1n) is 7.35. The van der Waals surface area contributed by atoms with Crippen LogP contribution in [0.1, 0.15) is 26.2 Å². The predicted molar refractivity (Wildman–Crippen MR) is 102 cm³/mol. The predicted octanol–water partition coefficient (Wildman–Crippen LogP) is 2.34. The van der Waals surface area contributed by atoms with E-state index in [1.807, 2.05) is 28.9 Å². The highest BCUT2D eigenvalue weighted by Gasteiger charge is 2.24. The molecule has 1 aromatic rings. The lowest BCUT2D eigenvalue weighted by atomic mass is 10.2. The topological polar surface area (TPSA) is 54.2 Å². The summed E-state index contributed by atoms with van der Waals surface area (Å²) in [6.45, 7) is 4.64. The Balaban J connectivity index is 0.00000220. The maximum atomic E-state index is 4.64. The molecule has 1 heterocycles. The fraction of sp³-hybridized carbons (Fsp3) is 0.714. The standard InChI is InChI=1S/C14H25N5S.HI/c1-3-16-14(17-7-9-19-8-6-15-11-19)18-12-4-5-13(10-12)20-2;/h6,8,11-13H,3-5,7,9-10H2,1-2H3,(H2,16,17,18);1H. The largest absolute Gasteiger partial charge is 0.357 e. The van der Waals surface area contributed by atoms with Gasteiger partial charge in [-0.3, -0.25) is 4.99 Å². The normalized spacial score (nSPS) is 21.9. The van der Waals surface area contributed by atoms with Gasteiger partial charge in [-0.1, -0.05) is 0 Å². The third-order valence-corrected chi connectivity index (χ3v) is 4.69. The summed E-state index contributed by atoms with van der Waals surface area (Å²) in [5.41, 5.74) is 0. The minimum atomic E-state index is 0. The molecule has 0 aliphatic heterocycles. The molecular weight excluding hydrogens is 397 g/mol. The van der Waals surface area contributed by atoms with Crippen LogP contribution in [-0.4, -0.2) is 46.1 Å². The maximum Gasteiger partial charge on any atom is 0.191 e. The molecule has 2 N–H and O–H groups in total. The average Bonchev–Trinajstić information content (AvgIpc) is 3.10. The molecule has 0 aromatic carbocycles. The highest BCUT2D eigenvalue weighted by molar-refractivity contribution is 14.0. The van der Waals surface area contributed by atoms with Crippen molar-refractivity contribution in [3.05, 3.63) is 18.7 Å². The molecule has 0 saturated heterocycles. The summed E-state index contributed by atoms with van der Waals surface area (Å²) >= 11 is 1.98. The van der Waals surface area contributed by atoms with Crippen LogP contribution in [0.5, 0.6) is 0 Å². The molecule has 120 valence electrons. The van der Waals surface area contributed by atoms with Crippen LogP contribution >= 0.6 is 35.7 Å². The molecule has 5 nitrogen and oxygen atoms in total. The van der Waals surface area contributed by atoms with Crippen molar-refractivity contribution in [1.29, 1.82) is 0 Å². The number of halogens is 1. The molecule has 2 rings (SSSR count). The van der Waals surface area contributed by atoms with Gasteiger partial charge < -0.3 is 15.2 Å². The number of nitrogens with one attached hydrogen (secondary N) is 2. The Hall–Kier alpha value is -0.440. The van der Waals surface area contributed by atoms with Crippen molar-refractivity contribution in [2.45, 2.75) is 44.0 Å². The summed E-state index contributed by atoms with van der Waals surface area (Å²) in [5.74, 6) is 0.944. The Kier molecular flexibility index (Phi) is 9.14. The summed E-state index contributed by atoms with van der Waals surface area (Å²) in [6.07, 6.45) is 11.6. The Labute approximate surface area is 148 Å². The molecule has 0 bridgehead atoms. The molecule has 21 heavy (non-hydrogen) atoms. The molecule has 1 fully saturated rings. The zero-order chi connectivity index (χ0) is 14.2. The lowest BCUT2D eigenvalue weighted by molar-refractivity contribution is 0.611. The zero-order valence-electron chi connectivity index (χ0n) is 12.8. The van der Waals surface area contributed by atoms with Crippen molar-refractivity contribution in [1.82, 2.24) is 20.2 Å². The molecule has 7 heteroatoms. The molecule has 2 unspecified atom stereocenters. The number of hydrogen-bond donors (Lipinski definition) is 2. The third kappa shape index (κ3) is 6.46. The number of hydrogen-bond acceptors (Lipinski definition) is 3. The molecule has 1 aliphatic carbocycles. The van der Waals surface area contributed by atoms with E-state index in [0.717, 1.165) is 30.8 Å². The van der Waals surface area contributed by atoms with E-state index >= 15 is 0 Å². The van der Waals surface area contributed by atoms with E-state index in [1.165, 1.54) is 19.3 Å². The van der Waals surface area contributed by atoms with Crippen LogP contribution in [0.3, 0.4) is 0 Å². The minimum Gasteiger partial charge on any atom is -0.357 e. The van der Waals surface area contributed by atoms with Gasteiger partial charge in [-0.25, -0.2) is 4.98 Å². The quantitative estimate of drug-likeness (QED) is 0.419. The molecule has 1 saturated carbocycles. The van der Waals surface area contributed by atoms with Crippen molar-refractivity contribution in [3.8, 4) is 0 Å². The Morgan fingerprint density at radius 3 is 2.95 bits per heavy atom. The van der Waals surface area contributed by atoms with Gasteiger partial charge >= 0.3 is 0 Å². The number of aromatic nitrogens is 2. The number of thioether (sulfide) groups is 1. The number of guanidine groups is 1. The van der Waals surface area contributed by atoms with E-state index in [1.54, 1.807) is 6.20 Å². The van der Waals surface area contributed by atoms with Crippen molar-refractivity contribution >= 4 is 41.7 Å². The highest BCUT2D eigenvalue weighted by atomic mass is 127. The highest BCUT2D eigenvalue weighted by Crippen LogP contribution is 2.27. The van der Waals surface area contributed by atoms with Crippen LogP contribution in [0.4, 0.5) is 0 Å². The van der Waals surface area contributed by atoms with Gasteiger partial charge in [-0.15, -0.1) is 24.0 Å². The van der Waals surface area contributed by atoms with Gasteiger partial charge in [0.15, 0.2) is 5.96 Å². The Morgan fingerprint density at radius 1 is 1.48 bits per heavy atom. The fourth-order valence-electron chi connectivity index (χ4n) is 2.49. The van der Waals surface area contributed by atoms with Crippen molar-refractivity contribution in [2.24, 2.45) is 4.99 Å². The van der Waals surface area contributed by atoms with E-state index in [0.29, 0.717) is 6.04 Å². The number of aliphatic imine (C=N–C) groups is 1. The van der Waals surface area contributed by atoms with Crippen molar-refractivity contribution in [2.75, 3.05) is 19.3 Å². The first-order valence-corrected chi connectivity index (χ1v) is 8.64. The van der Waals surface area contributed by atoms with Gasteiger partial charge in [0.25, 0.3) is 0 Å². The monoisotopic (exact) mass is 423 g/mol. The van der Waals surface area contributed by atoms with Gasteiger partial charge in [0.05, 0.1) is 12.9 Å². The Bertz CT molecular complexity index is 410. The van der Waals surface area contributed by atoms with Crippen LogP contribution in [-0.2, 0) is 6.54 Å². The second-order valence-electron chi connectivity index (χ2n) is 5.07. The van der Waals surface area contributed by atoms with Gasteiger partial charge in [0.1, 0.15) is 0 Å². The first-order chi connectivity index (χ1) is 9.81. The first kappa shape index (κ1) is 18.6. The lowest BCUT2D eigenvalue weighted by Gasteiger charge is -2.17. The molecule has 1 aliphatic rings. The number of rotatable bonds is 6. The van der Waals surface area contributed by atoms with E-state index in [9.17, 15) is 0 Å². The molecule has 0 spiro atoms. The van der Waals surface area contributed by atoms with Gasteiger partial charge in [0, 0.05) is 36.8 Å².